The third kappa shape index (κ3) is 4.42. The lowest BCUT2D eigenvalue weighted by Gasteiger charge is -2.36. The molecular formula is C18H19BrFN3O2S. The van der Waals surface area contributed by atoms with Gasteiger partial charge in [0.2, 0.25) is 5.91 Å². The van der Waals surface area contributed by atoms with Crippen molar-refractivity contribution in [3.63, 3.8) is 0 Å². The van der Waals surface area contributed by atoms with E-state index in [1.807, 2.05) is 6.07 Å². The lowest BCUT2D eigenvalue weighted by Crippen LogP contribution is -2.51. The number of carbonyl (C=O) groups is 2. The van der Waals surface area contributed by atoms with Crippen molar-refractivity contribution in [2.45, 2.75) is 0 Å². The lowest BCUT2D eigenvalue weighted by molar-refractivity contribution is -0.131. The van der Waals surface area contributed by atoms with Crippen LogP contribution in [0.5, 0.6) is 0 Å². The summed E-state index contributed by atoms with van der Waals surface area (Å²) in [5.41, 5.74) is 0.953. The predicted molar refractivity (Wildman–Crippen MR) is 104 cm³/mol. The van der Waals surface area contributed by atoms with Gasteiger partial charge < -0.3 is 14.7 Å². The average molecular weight is 440 g/mol. The monoisotopic (exact) mass is 439 g/mol. The highest BCUT2D eigenvalue weighted by Crippen LogP contribution is 2.23. The normalized spacial score (nSPS) is 14.4. The first-order valence-electron chi connectivity index (χ1n) is 8.23. The number of carbonyl (C=O) groups excluding carboxylic acids is 2. The molecule has 1 aromatic heterocycles. The molecule has 2 heterocycles. The quantitative estimate of drug-likeness (QED) is 0.734. The Kier molecular flexibility index (Phi) is 5.93. The van der Waals surface area contributed by atoms with Gasteiger partial charge in [0.1, 0.15) is 5.82 Å². The second kappa shape index (κ2) is 8.18. The number of benzene rings is 1. The van der Waals surface area contributed by atoms with E-state index in [0.717, 1.165) is 9.47 Å². The van der Waals surface area contributed by atoms with E-state index in [0.29, 0.717) is 31.1 Å². The molecule has 0 atom stereocenters. The number of nitrogens with zero attached hydrogens (tertiary/aromatic N) is 3. The Hall–Kier alpha value is -1.93. The first kappa shape index (κ1) is 18.8. The van der Waals surface area contributed by atoms with Crippen molar-refractivity contribution in [1.29, 1.82) is 0 Å². The minimum atomic E-state index is -0.256. The Morgan fingerprint density at radius 2 is 1.77 bits per heavy atom. The fourth-order valence-electron chi connectivity index (χ4n) is 2.86. The minimum absolute atomic E-state index is 0.0600. The molecule has 5 nitrogen and oxygen atoms in total. The Bertz CT molecular complexity index is 788. The molecule has 0 N–H and O–H groups in total. The van der Waals surface area contributed by atoms with Crippen LogP contribution < -0.4 is 4.90 Å². The molecule has 2 amide bonds. The molecule has 0 bridgehead atoms. The summed E-state index contributed by atoms with van der Waals surface area (Å²) in [7, 11) is 1.64. The molecule has 0 aliphatic carbocycles. The van der Waals surface area contributed by atoms with Crippen LogP contribution in [0.2, 0.25) is 0 Å². The van der Waals surface area contributed by atoms with Crippen LogP contribution in [0.1, 0.15) is 9.67 Å². The van der Waals surface area contributed by atoms with Gasteiger partial charge in [-0.15, -0.1) is 11.3 Å². The number of anilines is 1. The van der Waals surface area contributed by atoms with E-state index in [1.54, 1.807) is 30.1 Å². The van der Waals surface area contributed by atoms with Crippen molar-refractivity contribution in [2.75, 3.05) is 44.7 Å². The molecule has 1 aromatic carbocycles. The van der Waals surface area contributed by atoms with E-state index in [4.69, 9.17) is 0 Å². The zero-order chi connectivity index (χ0) is 18.7. The molecule has 1 aliphatic rings. The van der Waals surface area contributed by atoms with Crippen molar-refractivity contribution in [1.82, 2.24) is 9.80 Å². The Morgan fingerprint density at radius 1 is 1.12 bits per heavy atom. The fourth-order valence-corrected chi connectivity index (χ4v) is 4.24. The summed E-state index contributed by atoms with van der Waals surface area (Å²) >= 11 is 4.69. The van der Waals surface area contributed by atoms with Gasteiger partial charge in [0, 0.05) is 38.9 Å². The molecule has 2 aromatic rings. The van der Waals surface area contributed by atoms with Crippen molar-refractivity contribution < 1.29 is 14.0 Å². The first-order valence-corrected chi connectivity index (χ1v) is 9.84. The summed E-state index contributed by atoms with van der Waals surface area (Å²) in [5, 5.41) is 0. The minimum Gasteiger partial charge on any atom is -0.368 e. The van der Waals surface area contributed by atoms with Crippen LogP contribution in [-0.2, 0) is 4.79 Å². The second-order valence-electron chi connectivity index (χ2n) is 6.11. The summed E-state index contributed by atoms with van der Waals surface area (Å²) in [4.78, 5) is 30.8. The van der Waals surface area contributed by atoms with Crippen LogP contribution >= 0.6 is 27.3 Å². The molecule has 8 heteroatoms. The predicted octanol–water partition coefficient (Wildman–Crippen LogP) is 3.07. The molecule has 138 valence electrons. The van der Waals surface area contributed by atoms with E-state index in [1.165, 1.54) is 28.4 Å². The molecule has 3 rings (SSSR count). The van der Waals surface area contributed by atoms with Crippen LogP contribution in [0.4, 0.5) is 10.1 Å². The van der Waals surface area contributed by atoms with Gasteiger partial charge in [0.25, 0.3) is 5.91 Å². The molecule has 1 fully saturated rings. The number of amides is 2. The maximum Gasteiger partial charge on any atom is 0.264 e. The first-order chi connectivity index (χ1) is 12.4. The van der Waals surface area contributed by atoms with Gasteiger partial charge in [-0.2, -0.15) is 0 Å². The Balaban J connectivity index is 1.51. The number of likely N-dealkylation sites (N-methyl/N-ethyl adjacent to an activating group) is 1. The Morgan fingerprint density at radius 3 is 2.35 bits per heavy atom. The number of piperazine rings is 1. The second-order valence-corrected chi connectivity index (χ2v) is 8.57. The van der Waals surface area contributed by atoms with Gasteiger partial charge in [0.15, 0.2) is 0 Å². The largest absolute Gasteiger partial charge is 0.368 e. The van der Waals surface area contributed by atoms with Crippen molar-refractivity contribution in [3.8, 4) is 0 Å². The van der Waals surface area contributed by atoms with E-state index >= 15 is 0 Å². The van der Waals surface area contributed by atoms with E-state index in [-0.39, 0.29) is 24.2 Å². The topological polar surface area (TPSA) is 43.9 Å². The van der Waals surface area contributed by atoms with Gasteiger partial charge in [-0.25, -0.2) is 4.39 Å². The highest BCUT2D eigenvalue weighted by molar-refractivity contribution is 9.11. The summed E-state index contributed by atoms with van der Waals surface area (Å²) < 4.78 is 13.9. The van der Waals surface area contributed by atoms with Crippen molar-refractivity contribution in [2.24, 2.45) is 0 Å². The molecular weight excluding hydrogens is 421 g/mol. The van der Waals surface area contributed by atoms with Crippen LogP contribution in [0, 0.1) is 5.82 Å². The smallest absolute Gasteiger partial charge is 0.264 e. The zero-order valence-corrected chi connectivity index (χ0v) is 16.7. The summed E-state index contributed by atoms with van der Waals surface area (Å²) in [5.74, 6) is -0.470. The average Bonchev–Trinajstić information content (AvgIpc) is 3.08. The van der Waals surface area contributed by atoms with Crippen LogP contribution in [0.25, 0.3) is 0 Å². The third-order valence-corrected chi connectivity index (χ3v) is 5.94. The van der Waals surface area contributed by atoms with Gasteiger partial charge in [-0.1, -0.05) is 0 Å². The molecule has 0 saturated carbocycles. The lowest BCUT2D eigenvalue weighted by atomic mass is 10.2. The number of hydrogen-bond donors (Lipinski definition) is 0. The molecule has 1 saturated heterocycles. The highest BCUT2D eigenvalue weighted by atomic mass is 79.9. The SMILES string of the molecule is CN(CC(=O)N1CCN(c2ccc(F)cc2)CC1)C(=O)c1ccc(Br)s1. The summed E-state index contributed by atoms with van der Waals surface area (Å²) in [6.45, 7) is 2.61. The van der Waals surface area contributed by atoms with Gasteiger partial charge >= 0.3 is 0 Å². The standard InChI is InChI=1S/C18H19BrFN3O2S/c1-21(18(25)15-6-7-16(19)26-15)12-17(24)23-10-8-22(9-11-23)14-4-2-13(20)3-5-14/h2-7H,8-12H2,1H3. The molecule has 0 radical (unpaired) electrons. The molecule has 26 heavy (non-hydrogen) atoms. The number of hydrogen-bond acceptors (Lipinski definition) is 4. The molecule has 1 aliphatic heterocycles. The Labute approximate surface area is 164 Å². The summed E-state index contributed by atoms with van der Waals surface area (Å²) in [6, 6.07) is 9.95. The third-order valence-electron chi connectivity index (χ3n) is 4.33. The van der Waals surface area contributed by atoms with Crippen molar-refractivity contribution in [3.05, 3.63) is 50.9 Å². The highest BCUT2D eigenvalue weighted by Gasteiger charge is 2.24. The van der Waals surface area contributed by atoms with Gasteiger partial charge in [0.05, 0.1) is 15.2 Å². The summed E-state index contributed by atoms with van der Waals surface area (Å²) in [6.07, 6.45) is 0. The number of thiophene rings is 1. The van der Waals surface area contributed by atoms with E-state index in [2.05, 4.69) is 20.8 Å². The maximum absolute atomic E-state index is 13.0. The van der Waals surface area contributed by atoms with Crippen LogP contribution in [0.3, 0.4) is 0 Å². The fraction of sp³-hybridized carbons (Fsp3) is 0.333. The van der Waals surface area contributed by atoms with Crippen LogP contribution in [-0.4, -0.2) is 61.4 Å². The van der Waals surface area contributed by atoms with Crippen molar-refractivity contribution >= 4 is 44.8 Å². The van der Waals surface area contributed by atoms with Gasteiger partial charge in [-0.3, -0.25) is 9.59 Å². The maximum atomic E-state index is 13.0. The van der Waals surface area contributed by atoms with Crippen LogP contribution in [0.15, 0.2) is 40.2 Å². The number of rotatable bonds is 4. The van der Waals surface area contributed by atoms with Gasteiger partial charge in [-0.05, 0) is 52.3 Å². The zero-order valence-electron chi connectivity index (χ0n) is 14.3. The number of halogens is 2. The van der Waals surface area contributed by atoms with E-state index in [9.17, 15) is 14.0 Å². The molecule has 0 unspecified atom stereocenters. The molecule has 0 spiro atoms. The van der Waals surface area contributed by atoms with E-state index < -0.39 is 0 Å².